The molecule has 0 heterocycles. The molecule has 90 valence electrons. The monoisotopic (exact) mass is 314 g/mol. The van der Waals surface area contributed by atoms with E-state index in [0.717, 1.165) is 12.1 Å². The molecule has 1 rings (SSSR count). The summed E-state index contributed by atoms with van der Waals surface area (Å²) >= 11 is 2.93. The lowest BCUT2D eigenvalue weighted by molar-refractivity contribution is -0.385. The lowest BCUT2D eigenvalue weighted by Gasteiger charge is -2.10. The van der Waals surface area contributed by atoms with E-state index in [1.54, 1.807) is 0 Å². The van der Waals surface area contributed by atoms with Crippen LogP contribution in [0.2, 0.25) is 0 Å². The summed E-state index contributed by atoms with van der Waals surface area (Å²) < 4.78 is 12.4. The number of phenolic OH excluding ortho intramolecular Hbond substituents is 1. The van der Waals surface area contributed by atoms with Gasteiger partial charge >= 0.3 is 0 Å². The number of alkyl halides is 1. The molecule has 8 heteroatoms. The molecular weight excluding hydrogens is 306 g/mol. The smallest absolute Gasteiger partial charge is 0.271 e. The second kappa shape index (κ2) is 5.97. The van der Waals surface area contributed by atoms with Crippen LogP contribution in [0.1, 0.15) is 11.6 Å². The summed E-state index contributed by atoms with van der Waals surface area (Å²) in [6.07, 6.45) is 0. The Labute approximate surface area is 105 Å². The fourth-order valence-corrected chi connectivity index (χ4v) is 1.54. The van der Waals surface area contributed by atoms with Crippen LogP contribution in [0.4, 0.5) is 10.1 Å². The van der Waals surface area contributed by atoms with Crippen LogP contribution in [0.3, 0.4) is 0 Å². The lowest BCUT2D eigenvalue weighted by Crippen LogP contribution is -2.12. The van der Waals surface area contributed by atoms with Gasteiger partial charge < -0.3 is 10.8 Å². The quantitative estimate of drug-likeness (QED) is 0.662. The predicted molar refractivity (Wildman–Crippen MR) is 62.6 cm³/mol. The molecular formula is C8H9BrClFN2O3. The van der Waals surface area contributed by atoms with Gasteiger partial charge in [0.15, 0.2) is 0 Å². The van der Waals surface area contributed by atoms with Crippen molar-refractivity contribution < 1.29 is 14.4 Å². The third-order valence-corrected chi connectivity index (χ3v) is 2.46. The zero-order chi connectivity index (χ0) is 11.6. The van der Waals surface area contributed by atoms with Crippen LogP contribution in [-0.2, 0) is 0 Å². The van der Waals surface area contributed by atoms with Crippen LogP contribution < -0.4 is 5.73 Å². The highest BCUT2D eigenvalue weighted by Gasteiger charge is 2.19. The van der Waals surface area contributed by atoms with Crippen molar-refractivity contribution in [3.8, 4) is 5.75 Å². The van der Waals surface area contributed by atoms with Gasteiger partial charge in [-0.1, -0.05) is 0 Å². The molecule has 0 spiro atoms. The van der Waals surface area contributed by atoms with E-state index in [4.69, 9.17) is 5.73 Å². The Morgan fingerprint density at radius 2 is 2.19 bits per heavy atom. The second-order valence-electron chi connectivity index (χ2n) is 2.88. The SMILES string of the molecule is Cl.N[C@H](CF)c1cc([N+](=O)[O-])cc(Br)c1O. The van der Waals surface area contributed by atoms with Crippen molar-refractivity contribution in [2.75, 3.05) is 6.67 Å². The summed E-state index contributed by atoms with van der Waals surface area (Å²) in [5.74, 6) is -0.272. The Morgan fingerprint density at radius 1 is 1.62 bits per heavy atom. The number of benzene rings is 1. The topological polar surface area (TPSA) is 89.4 Å². The van der Waals surface area contributed by atoms with Crippen LogP contribution >= 0.6 is 28.3 Å². The van der Waals surface area contributed by atoms with Crippen molar-refractivity contribution >= 4 is 34.0 Å². The molecule has 0 saturated carbocycles. The Hall–Kier alpha value is -0.920. The molecule has 5 nitrogen and oxygen atoms in total. The van der Waals surface area contributed by atoms with Gasteiger partial charge in [-0.25, -0.2) is 4.39 Å². The maximum atomic E-state index is 12.3. The number of nitro groups is 1. The maximum absolute atomic E-state index is 12.3. The highest BCUT2D eigenvalue weighted by Crippen LogP contribution is 2.35. The molecule has 1 aromatic rings. The first-order valence-corrected chi connectivity index (χ1v) is 4.75. The molecule has 0 aliphatic rings. The van der Waals surface area contributed by atoms with Gasteiger partial charge in [-0.3, -0.25) is 10.1 Å². The van der Waals surface area contributed by atoms with E-state index < -0.39 is 17.6 Å². The van der Waals surface area contributed by atoms with Crippen LogP contribution in [0.15, 0.2) is 16.6 Å². The van der Waals surface area contributed by atoms with E-state index in [2.05, 4.69) is 15.9 Å². The number of nitrogens with two attached hydrogens (primary N) is 1. The maximum Gasteiger partial charge on any atom is 0.271 e. The number of non-ortho nitro benzene ring substituents is 1. The van der Waals surface area contributed by atoms with Gasteiger partial charge in [0.2, 0.25) is 0 Å². The number of hydrogen-bond donors (Lipinski definition) is 2. The molecule has 1 atom stereocenters. The molecule has 0 aliphatic heterocycles. The second-order valence-corrected chi connectivity index (χ2v) is 3.74. The molecule has 0 bridgehead atoms. The first-order valence-electron chi connectivity index (χ1n) is 3.95. The van der Waals surface area contributed by atoms with Crippen molar-refractivity contribution in [2.45, 2.75) is 6.04 Å². The van der Waals surface area contributed by atoms with Gasteiger partial charge in [-0.05, 0) is 15.9 Å². The minimum Gasteiger partial charge on any atom is -0.506 e. The van der Waals surface area contributed by atoms with Crippen molar-refractivity contribution in [1.82, 2.24) is 0 Å². The van der Waals surface area contributed by atoms with Crippen LogP contribution in [-0.4, -0.2) is 16.7 Å². The summed E-state index contributed by atoms with van der Waals surface area (Å²) in [7, 11) is 0. The van der Waals surface area contributed by atoms with E-state index in [0.29, 0.717) is 0 Å². The summed E-state index contributed by atoms with van der Waals surface area (Å²) in [6.45, 7) is -0.902. The minimum absolute atomic E-state index is 0. The first kappa shape index (κ1) is 15.1. The Morgan fingerprint density at radius 3 is 2.62 bits per heavy atom. The average Bonchev–Trinajstić information content (AvgIpc) is 2.20. The van der Waals surface area contributed by atoms with E-state index in [1.165, 1.54) is 0 Å². The number of nitrogens with zero attached hydrogens (tertiary/aromatic N) is 1. The van der Waals surface area contributed by atoms with E-state index in [1.807, 2.05) is 0 Å². The lowest BCUT2D eigenvalue weighted by atomic mass is 10.1. The first-order chi connectivity index (χ1) is 6.97. The van der Waals surface area contributed by atoms with Gasteiger partial charge in [0.05, 0.1) is 15.4 Å². The van der Waals surface area contributed by atoms with Gasteiger partial charge in [0.25, 0.3) is 5.69 Å². The summed E-state index contributed by atoms with van der Waals surface area (Å²) in [6, 6.07) is 1.12. The zero-order valence-corrected chi connectivity index (χ0v) is 10.3. The minimum atomic E-state index is -1.07. The highest BCUT2D eigenvalue weighted by atomic mass is 79.9. The molecule has 0 saturated heterocycles. The summed E-state index contributed by atoms with van der Waals surface area (Å²) in [4.78, 5) is 9.86. The largest absolute Gasteiger partial charge is 0.506 e. The molecule has 0 fully saturated rings. The number of phenols is 1. The number of hydrogen-bond acceptors (Lipinski definition) is 4. The Bertz CT molecular complexity index is 405. The Kier molecular flexibility index (Phi) is 5.63. The van der Waals surface area contributed by atoms with Crippen LogP contribution in [0.25, 0.3) is 0 Å². The fraction of sp³-hybridized carbons (Fsp3) is 0.250. The number of nitro benzene ring substituents is 1. The van der Waals surface area contributed by atoms with Crippen LogP contribution in [0.5, 0.6) is 5.75 Å². The zero-order valence-electron chi connectivity index (χ0n) is 7.89. The fourth-order valence-electron chi connectivity index (χ4n) is 1.08. The highest BCUT2D eigenvalue weighted by molar-refractivity contribution is 9.10. The molecule has 0 aromatic heterocycles. The Balaban J connectivity index is 0.00000225. The molecule has 3 N–H and O–H groups in total. The molecule has 0 unspecified atom stereocenters. The number of aromatic hydroxyl groups is 1. The van der Waals surface area contributed by atoms with Crippen molar-refractivity contribution in [2.24, 2.45) is 5.73 Å². The third kappa shape index (κ3) is 3.03. The van der Waals surface area contributed by atoms with Gasteiger partial charge in [0, 0.05) is 17.7 Å². The normalized spacial score (nSPS) is 11.7. The average molecular weight is 316 g/mol. The molecule has 16 heavy (non-hydrogen) atoms. The summed E-state index contributed by atoms with van der Waals surface area (Å²) in [5.41, 5.74) is 5.12. The van der Waals surface area contributed by atoms with E-state index in [-0.39, 0.29) is 33.9 Å². The molecule has 0 aliphatic carbocycles. The van der Waals surface area contributed by atoms with Gasteiger partial charge in [-0.2, -0.15) is 0 Å². The predicted octanol–water partition coefficient (Wildman–Crippen LogP) is 2.45. The number of halogens is 3. The van der Waals surface area contributed by atoms with Gasteiger partial charge in [0.1, 0.15) is 12.4 Å². The molecule has 0 radical (unpaired) electrons. The van der Waals surface area contributed by atoms with Crippen molar-refractivity contribution in [3.05, 3.63) is 32.3 Å². The van der Waals surface area contributed by atoms with E-state index in [9.17, 15) is 19.6 Å². The van der Waals surface area contributed by atoms with Gasteiger partial charge in [-0.15, -0.1) is 12.4 Å². The third-order valence-electron chi connectivity index (χ3n) is 1.85. The van der Waals surface area contributed by atoms with Crippen molar-refractivity contribution in [3.63, 3.8) is 0 Å². The molecule has 0 amide bonds. The standard InChI is InChI=1S/C8H8BrFN2O3.ClH/c9-6-2-4(12(14)15)1-5(8(6)13)7(11)3-10;/h1-2,7,13H,3,11H2;1H/t7-;/m1./s1. The molecule has 1 aromatic carbocycles. The number of rotatable bonds is 3. The summed E-state index contributed by atoms with van der Waals surface area (Å²) in [5, 5.41) is 20.0. The van der Waals surface area contributed by atoms with Crippen LogP contribution in [0, 0.1) is 10.1 Å². The van der Waals surface area contributed by atoms with E-state index >= 15 is 0 Å². The van der Waals surface area contributed by atoms with Crippen molar-refractivity contribution in [1.29, 1.82) is 0 Å².